The molecule has 4 rings (SSSR count). The van der Waals surface area contributed by atoms with Crippen LogP contribution in [-0.4, -0.2) is 57.8 Å². The number of aliphatic hydroxyl groups is 2. The van der Waals surface area contributed by atoms with Crippen LogP contribution in [0.1, 0.15) is 72.1 Å². The molecule has 3 fully saturated rings. The van der Waals surface area contributed by atoms with E-state index < -0.39 is 30.6 Å². The first-order valence-corrected chi connectivity index (χ1v) is 12.3. The molecule has 0 aromatic heterocycles. The molecule has 8 atom stereocenters. The fraction of sp³-hybridized carbons (Fsp3) is 0.800. The molecule has 8 heteroatoms. The Kier molecular flexibility index (Phi) is 6.62. The zero-order valence-corrected chi connectivity index (χ0v) is 19.9. The number of hydrogen-bond acceptors (Lipinski definition) is 6. The second kappa shape index (κ2) is 9.02. The average Bonchev–Trinajstić information content (AvgIpc) is 3.06. The van der Waals surface area contributed by atoms with Crippen LogP contribution in [0, 0.1) is 28.6 Å². The number of carbonyl (C=O) groups is 2. The molecular formula is C25H38N2O6. The molecule has 33 heavy (non-hydrogen) atoms. The molecule has 0 heterocycles. The third-order valence-corrected chi connectivity index (χ3v) is 9.37. The fourth-order valence-corrected chi connectivity index (χ4v) is 7.39. The summed E-state index contributed by atoms with van der Waals surface area (Å²) in [7, 11) is 0. The summed E-state index contributed by atoms with van der Waals surface area (Å²) in [6.07, 6.45) is 9.11. The van der Waals surface area contributed by atoms with Crippen molar-refractivity contribution in [2.45, 2.75) is 90.4 Å². The first-order valence-electron chi connectivity index (χ1n) is 12.3. The van der Waals surface area contributed by atoms with E-state index in [1.807, 2.05) is 0 Å². The number of hydrogen-bond donors (Lipinski definition) is 4. The lowest BCUT2D eigenvalue weighted by Crippen LogP contribution is -2.51. The van der Waals surface area contributed by atoms with Crippen LogP contribution >= 0.6 is 0 Å². The van der Waals surface area contributed by atoms with E-state index in [1.165, 1.54) is 18.9 Å². The van der Waals surface area contributed by atoms with E-state index in [1.54, 1.807) is 0 Å². The number of carboxylic acids is 1. The molecular weight excluding hydrogens is 424 g/mol. The van der Waals surface area contributed by atoms with Crippen molar-refractivity contribution in [3.8, 4) is 0 Å². The third kappa shape index (κ3) is 4.32. The van der Waals surface area contributed by atoms with Crippen LogP contribution in [0.4, 0.5) is 0 Å². The van der Waals surface area contributed by atoms with Gasteiger partial charge in [-0.3, -0.25) is 4.79 Å². The third-order valence-electron chi connectivity index (χ3n) is 9.37. The number of aliphatic carboxylic acids is 1. The van der Waals surface area contributed by atoms with Gasteiger partial charge in [0, 0.05) is 0 Å². The summed E-state index contributed by atoms with van der Waals surface area (Å²) in [5.74, 6) is 0.00935. The maximum atomic E-state index is 12.0. The van der Waals surface area contributed by atoms with Crippen molar-refractivity contribution in [1.29, 1.82) is 0 Å². The van der Waals surface area contributed by atoms with Crippen LogP contribution in [0.3, 0.4) is 0 Å². The average molecular weight is 463 g/mol. The Morgan fingerprint density at radius 3 is 2.64 bits per heavy atom. The molecule has 1 amide bonds. The highest BCUT2D eigenvalue weighted by Gasteiger charge is 2.58. The molecule has 4 aliphatic rings. The van der Waals surface area contributed by atoms with E-state index in [2.05, 4.69) is 30.4 Å². The molecule has 8 nitrogen and oxygen atoms in total. The Labute approximate surface area is 195 Å². The number of fused-ring (bicyclic) bond motifs is 5. The van der Waals surface area contributed by atoms with Crippen LogP contribution in [0.25, 0.3) is 0 Å². The normalized spacial score (nSPS) is 40.6. The van der Waals surface area contributed by atoms with Crippen LogP contribution in [-0.2, 0) is 14.4 Å². The lowest BCUT2D eigenvalue weighted by Gasteiger charge is -2.57. The van der Waals surface area contributed by atoms with Gasteiger partial charge in [-0.1, -0.05) is 24.6 Å². The molecule has 0 unspecified atom stereocenters. The van der Waals surface area contributed by atoms with Gasteiger partial charge in [0.05, 0.1) is 17.9 Å². The summed E-state index contributed by atoms with van der Waals surface area (Å²) in [5, 5.41) is 35.5. The van der Waals surface area contributed by atoms with Crippen molar-refractivity contribution in [2.24, 2.45) is 33.7 Å². The Morgan fingerprint density at radius 2 is 1.94 bits per heavy atom. The topological polar surface area (TPSA) is 128 Å². The molecule has 184 valence electrons. The lowest BCUT2D eigenvalue weighted by molar-refractivity contribution is -0.145. The highest BCUT2D eigenvalue weighted by molar-refractivity contribution is 5.96. The van der Waals surface area contributed by atoms with Gasteiger partial charge < -0.3 is 25.5 Å². The Morgan fingerprint density at radius 1 is 1.18 bits per heavy atom. The molecule has 0 saturated heterocycles. The minimum Gasteiger partial charge on any atom is -0.480 e. The van der Waals surface area contributed by atoms with Crippen molar-refractivity contribution in [3.63, 3.8) is 0 Å². The monoisotopic (exact) mass is 462 g/mol. The molecule has 0 aliphatic heterocycles. The van der Waals surface area contributed by atoms with Crippen LogP contribution < -0.4 is 5.32 Å². The molecule has 0 aromatic rings. The van der Waals surface area contributed by atoms with Gasteiger partial charge >= 0.3 is 5.97 Å². The fourth-order valence-electron chi connectivity index (χ4n) is 7.39. The molecule has 4 N–H and O–H groups in total. The number of aliphatic hydroxyl groups excluding tert-OH is 2. The Balaban J connectivity index is 1.39. The minimum absolute atomic E-state index is 0.0852. The first-order chi connectivity index (χ1) is 15.6. The molecule has 0 bridgehead atoms. The smallest absolute Gasteiger partial charge is 0.328 e. The number of oxime groups is 1. The van der Waals surface area contributed by atoms with Gasteiger partial charge in [0.25, 0.3) is 5.91 Å². The van der Waals surface area contributed by atoms with E-state index in [-0.39, 0.29) is 16.9 Å². The maximum Gasteiger partial charge on any atom is 0.328 e. The van der Waals surface area contributed by atoms with E-state index >= 15 is 0 Å². The van der Waals surface area contributed by atoms with Gasteiger partial charge in [0.2, 0.25) is 0 Å². The number of amides is 1. The second-order valence-electron chi connectivity index (χ2n) is 11.1. The quantitative estimate of drug-likeness (QED) is 0.449. The van der Waals surface area contributed by atoms with Crippen molar-refractivity contribution in [1.82, 2.24) is 5.32 Å². The van der Waals surface area contributed by atoms with Gasteiger partial charge in [0.1, 0.15) is 0 Å². The van der Waals surface area contributed by atoms with Gasteiger partial charge in [-0.25, -0.2) is 4.79 Å². The van der Waals surface area contributed by atoms with Crippen molar-refractivity contribution >= 4 is 17.6 Å². The summed E-state index contributed by atoms with van der Waals surface area (Å²) in [5.41, 5.74) is 2.47. The largest absolute Gasteiger partial charge is 0.480 e. The Hall–Kier alpha value is -1.93. The number of carboxylic acid groups (broad SMARTS) is 1. The summed E-state index contributed by atoms with van der Waals surface area (Å²) in [6, 6.07) is -1.38. The number of carbonyl (C=O) groups excluding carboxylic acids is 1. The van der Waals surface area contributed by atoms with Crippen molar-refractivity contribution in [2.75, 3.05) is 6.61 Å². The number of allylic oxidation sites excluding steroid dienone is 2. The predicted molar refractivity (Wildman–Crippen MR) is 122 cm³/mol. The molecule has 0 aromatic carbocycles. The minimum atomic E-state index is -1.38. The lowest BCUT2D eigenvalue weighted by atomic mass is 9.47. The van der Waals surface area contributed by atoms with Gasteiger partial charge in [-0.2, -0.15) is 0 Å². The summed E-state index contributed by atoms with van der Waals surface area (Å²) in [4.78, 5) is 28.3. The highest BCUT2D eigenvalue weighted by atomic mass is 16.6. The van der Waals surface area contributed by atoms with E-state index in [9.17, 15) is 19.8 Å². The standard InChI is InChI=1S/C25H38N2O6/c1-14(28)22(23(31)32)26-21(30)13-33-27-16-8-10-24(2)15(12-16)4-5-17-18-6-7-20(29)25(18,3)11-9-19(17)24/h12,14,17-20,22,28-29H,4-11,13H2,1-3H3,(H,26,30)(H,31,32)/b27-16-/t14-,17+,18+,19+,20+,22+,24+,25+/m1/s1. The molecule has 4 aliphatic carbocycles. The van der Waals surface area contributed by atoms with Gasteiger partial charge in [-0.15, -0.1) is 0 Å². The van der Waals surface area contributed by atoms with Crippen LogP contribution in [0.15, 0.2) is 16.8 Å². The first kappa shape index (κ1) is 24.2. The zero-order chi connectivity index (χ0) is 24.0. The van der Waals surface area contributed by atoms with Gasteiger partial charge in [0.15, 0.2) is 12.6 Å². The number of nitrogens with one attached hydrogen (secondary N) is 1. The number of rotatable bonds is 6. The Bertz CT molecular complexity index is 854. The SMILES string of the molecule is C[C@@H](O)[C@H](NC(=O)CO/N=C1\C=C2CC[C@H]3[C@@H]4CC[C@H](O)[C@@]4(C)CC[C@@H]3[C@@]2(C)CC1)C(=O)O. The number of nitrogens with zero attached hydrogens (tertiary/aromatic N) is 1. The van der Waals surface area contributed by atoms with Gasteiger partial charge in [-0.05, 0) is 93.0 Å². The van der Waals surface area contributed by atoms with Crippen LogP contribution in [0.5, 0.6) is 0 Å². The second-order valence-corrected chi connectivity index (χ2v) is 11.1. The maximum absolute atomic E-state index is 12.0. The summed E-state index contributed by atoms with van der Waals surface area (Å²) in [6.45, 7) is 5.62. The van der Waals surface area contributed by atoms with Crippen molar-refractivity contribution < 1.29 is 29.7 Å². The predicted octanol–water partition coefficient (Wildman–Crippen LogP) is 2.63. The van der Waals surface area contributed by atoms with E-state index in [4.69, 9.17) is 9.94 Å². The molecule has 3 saturated carbocycles. The van der Waals surface area contributed by atoms with Crippen LogP contribution in [0.2, 0.25) is 0 Å². The van der Waals surface area contributed by atoms with E-state index in [0.717, 1.165) is 50.7 Å². The highest BCUT2D eigenvalue weighted by Crippen LogP contribution is 2.65. The van der Waals surface area contributed by atoms with Crippen molar-refractivity contribution in [3.05, 3.63) is 11.6 Å². The summed E-state index contributed by atoms with van der Waals surface area (Å²) >= 11 is 0. The van der Waals surface area contributed by atoms with E-state index in [0.29, 0.717) is 17.8 Å². The summed E-state index contributed by atoms with van der Waals surface area (Å²) < 4.78 is 0. The molecule has 0 spiro atoms. The zero-order valence-electron chi connectivity index (χ0n) is 19.9. The molecule has 0 radical (unpaired) electrons.